The van der Waals surface area contributed by atoms with Gasteiger partial charge >= 0.3 is 0 Å². The number of methoxy groups -OCH3 is 1. The van der Waals surface area contributed by atoms with E-state index in [1.807, 2.05) is 61.2 Å². The number of piperazine rings is 1. The maximum absolute atomic E-state index is 13.2. The van der Waals surface area contributed by atoms with Gasteiger partial charge < -0.3 is 14.7 Å². The average molecular weight is 516 g/mol. The first-order valence-corrected chi connectivity index (χ1v) is 13.6. The van der Waals surface area contributed by atoms with E-state index in [1.165, 1.54) is 5.56 Å². The highest BCUT2D eigenvalue weighted by Crippen LogP contribution is 2.35. The molecule has 6 heteroatoms. The number of benzene rings is 3. The molecule has 1 amide bonds. The van der Waals surface area contributed by atoms with Crippen LogP contribution in [0, 0.1) is 0 Å². The third-order valence-corrected chi connectivity index (χ3v) is 7.70. The number of carbonyl (C=O) groups is 1. The molecule has 1 saturated heterocycles. The van der Waals surface area contributed by atoms with Crippen LogP contribution in [0.1, 0.15) is 60.8 Å². The summed E-state index contributed by atoms with van der Waals surface area (Å²) in [5.74, 6) is 1.18. The van der Waals surface area contributed by atoms with Crippen molar-refractivity contribution in [3.05, 3.63) is 95.1 Å². The molecule has 1 aliphatic heterocycles. The lowest BCUT2D eigenvalue weighted by Crippen LogP contribution is -2.56. The van der Waals surface area contributed by atoms with Crippen molar-refractivity contribution in [3.63, 3.8) is 0 Å². The van der Waals surface area contributed by atoms with Gasteiger partial charge in [0.2, 0.25) is 0 Å². The molecule has 202 valence electrons. The molecule has 1 fully saturated rings. The highest BCUT2D eigenvalue weighted by atomic mass is 16.5. The van der Waals surface area contributed by atoms with Crippen LogP contribution in [-0.2, 0) is 6.54 Å². The van der Waals surface area contributed by atoms with Crippen molar-refractivity contribution in [2.24, 2.45) is 0 Å². The zero-order valence-electron chi connectivity index (χ0n) is 23.3. The summed E-state index contributed by atoms with van der Waals surface area (Å²) in [6.45, 7) is 12.6. The van der Waals surface area contributed by atoms with E-state index in [9.17, 15) is 9.90 Å². The van der Waals surface area contributed by atoms with E-state index in [1.54, 1.807) is 13.2 Å². The van der Waals surface area contributed by atoms with Gasteiger partial charge in [-0.15, -0.1) is 0 Å². The first-order valence-electron chi connectivity index (χ1n) is 13.6. The normalized spacial score (nSPS) is 19.2. The van der Waals surface area contributed by atoms with Crippen molar-refractivity contribution in [1.82, 2.24) is 14.7 Å². The zero-order chi connectivity index (χ0) is 27.2. The molecule has 6 nitrogen and oxygen atoms in total. The maximum atomic E-state index is 13.2. The summed E-state index contributed by atoms with van der Waals surface area (Å²) in [5.41, 5.74) is 4.03. The molecule has 1 heterocycles. The second-order valence-corrected chi connectivity index (χ2v) is 10.3. The highest BCUT2D eigenvalue weighted by Gasteiger charge is 2.35. The van der Waals surface area contributed by atoms with Gasteiger partial charge in [-0.3, -0.25) is 14.6 Å². The second kappa shape index (κ2) is 12.5. The van der Waals surface area contributed by atoms with Gasteiger partial charge in [0.05, 0.1) is 13.2 Å². The van der Waals surface area contributed by atoms with Crippen molar-refractivity contribution in [3.8, 4) is 11.5 Å². The molecule has 3 atom stereocenters. The quantitative estimate of drug-likeness (QED) is 0.404. The maximum Gasteiger partial charge on any atom is 0.253 e. The summed E-state index contributed by atoms with van der Waals surface area (Å²) < 4.78 is 5.43. The standard InChI is InChI=1S/C32H41N3O3/c1-6-33(7-2)32(37)28-14-9-12-26(18-28)31(27-13-10-15-29(36)19-27)35-21-23(3)34(20-24(35)4)22-25-11-8-16-30(17-25)38-5/h8-19,23-24,31,36H,6-7,20-22H2,1-5H3/t23-,24+,31-/m1/s1. The first kappa shape index (κ1) is 27.7. The van der Waals surface area contributed by atoms with Crippen molar-refractivity contribution >= 4 is 5.91 Å². The van der Waals surface area contributed by atoms with Crippen LogP contribution in [0.3, 0.4) is 0 Å². The van der Waals surface area contributed by atoms with Crippen LogP contribution in [-0.4, -0.2) is 71.1 Å². The lowest BCUT2D eigenvalue weighted by Gasteiger charge is -2.47. The van der Waals surface area contributed by atoms with Gasteiger partial charge in [0.1, 0.15) is 11.5 Å². The number of aromatic hydroxyl groups is 1. The molecular weight excluding hydrogens is 474 g/mol. The Hall–Kier alpha value is -3.35. The van der Waals surface area contributed by atoms with Gasteiger partial charge in [-0.1, -0.05) is 36.4 Å². The molecule has 0 radical (unpaired) electrons. The number of nitrogens with zero attached hydrogens (tertiary/aromatic N) is 3. The summed E-state index contributed by atoms with van der Waals surface area (Å²) >= 11 is 0. The Bertz CT molecular complexity index is 1230. The topological polar surface area (TPSA) is 56.3 Å². The SMILES string of the molecule is CCN(CC)C(=O)c1cccc([C@H](c2cccc(O)c2)N2C[C@@H](C)N(Cc3cccc(OC)c3)C[C@@H]2C)c1. The monoisotopic (exact) mass is 515 g/mol. The molecule has 1 aliphatic rings. The zero-order valence-corrected chi connectivity index (χ0v) is 23.3. The molecule has 3 aromatic rings. The largest absolute Gasteiger partial charge is 0.508 e. The fraction of sp³-hybridized carbons (Fsp3) is 0.406. The molecule has 4 rings (SSSR count). The van der Waals surface area contributed by atoms with E-state index < -0.39 is 0 Å². The summed E-state index contributed by atoms with van der Waals surface area (Å²) in [6, 6.07) is 24.3. The molecule has 0 unspecified atom stereocenters. The number of hydrogen-bond donors (Lipinski definition) is 1. The summed E-state index contributed by atoms with van der Waals surface area (Å²) in [6.07, 6.45) is 0. The molecule has 0 aliphatic carbocycles. The average Bonchev–Trinajstić information content (AvgIpc) is 2.92. The van der Waals surface area contributed by atoms with Crippen LogP contribution in [0.25, 0.3) is 0 Å². The number of ether oxygens (including phenoxy) is 1. The van der Waals surface area contributed by atoms with Gasteiger partial charge in [0.25, 0.3) is 5.91 Å². The first-order chi connectivity index (χ1) is 18.3. The molecule has 38 heavy (non-hydrogen) atoms. The Balaban J connectivity index is 1.64. The van der Waals surface area contributed by atoms with E-state index >= 15 is 0 Å². The Kier molecular flexibility index (Phi) is 9.08. The lowest BCUT2D eigenvalue weighted by atomic mass is 9.92. The molecule has 0 aromatic heterocycles. The van der Waals surface area contributed by atoms with Gasteiger partial charge in [0.15, 0.2) is 0 Å². The summed E-state index contributed by atoms with van der Waals surface area (Å²) in [7, 11) is 1.70. The van der Waals surface area contributed by atoms with Crippen LogP contribution in [0.15, 0.2) is 72.8 Å². The number of phenolic OH excluding ortho intramolecular Hbond substituents is 1. The smallest absolute Gasteiger partial charge is 0.253 e. The lowest BCUT2D eigenvalue weighted by molar-refractivity contribution is 0.0194. The van der Waals surface area contributed by atoms with Gasteiger partial charge in [0, 0.05) is 50.4 Å². The van der Waals surface area contributed by atoms with E-state index in [4.69, 9.17) is 4.74 Å². The van der Waals surface area contributed by atoms with E-state index in [-0.39, 0.29) is 23.7 Å². The molecule has 3 aromatic carbocycles. The van der Waals surface area contributed by atoms with Crippen molar-refractivity contribution in [1.29, 1.82) is 0 Å². The molecule has 0 spiro atoms. The van der Waals surface area contributed by atoms with Crippen molar-refractivity contribution in [2.45, 2.75) is 52.4 Å². The fourth-order valence-corrected chi connectivity index (χ4v) is 5.62. The number of rotatable bonds is 9. The summed E-state index contributed by atoms with van der Waals surface area (Å²) in [4.78, 5) is 20.1. The predicted octanol–water partition coefficient (Wildman–Crippen LogP) is 5.57. The molecule has 0 bridgehead atoms. The Morgan fingerprint density at radius 1 is 0.947 bits per heavy atom. The Morgan fingerprint density at radius 3 is 2.32 bits per heavy atom. The van der Waals surface area contributed by atoms with Gasteiger partial charge in [-0.25, -0.2) is 0 Å². The number of phenols is 1. The molecule has 0 saturated carbocycles. The Labute approximate surface area is 227 Å². The van der Waals surface area contributed by atoms with Crippen LogP contribution < -0.4 is 4.74 Å². The predicted molar refractivity (Wildman–Crippen MR) is 153 cm³/mol. The van der Waals surface area contributed by atoms with Crippen molar-refractivity contribution < 1.29 is 14.6 Å². The van der Waals surface area contributed by atoms with Crippen LogP contribution >= 0.6 is 0 Å². The van der Waals surface area contributed by atoms with E-state index in [2.05, 4.69) is 47.9 Å². The fourth-order valence-electron chi connectivity index (χ4n) is 5.62. The highest BCUT2D eigenvalue weighted by molar-refractivity contribution is 5.94. The van der Waals surface area contributed by atoms with Crippen LogP contribution in [0.5, 0.6) is 11.5 Å². The molecule has 1 N–H and O–H groups in total. The van der Waals surface area contributed by atoms with E-state index in [0.717, 1.165) is 36.5 Å². The van der Waals surface area contributed by atoms with Gasteiger partial charge in [-0.05, 0) is 80.8 Å². The van der Waals surface area contributed by atoms with Crippen molar-refractivity contribution in [2.75, 3.05) is 33.3 Å². The minimum atomic E-state index is -0.0806. The summed E-state index contributed by atoms with van der Waals surface area (Å²) in [5, 5.41) is 10.4. The number of carbonyl (C=O) groups excluding carboxylic acids is 1. The Morgan fingerprint density at radius 2 is 1.63 bits per heavy atom. The van der Waals surface area contributed by atoms with Gasteiger partial charge in [-0.2, -0.15) is 0 Å². The minimum Gasteiger partial charge on any atom is -0.508 e. The third kappa shape index (κ3) is 6.20. The number of amides is 1. The molecular formula is C32H41N3O3. The number of hydrogen-bond acceptors (Lipinski definition) is 5. The van der Waals surface area contributed by atoms with E-state index in [0.29, 0.717) is 24.7 Å². The van der Waals surface area contributed by atoms with Crippen LogP contribution in [0.2, 0.25) is 0 Å². The third-order valence-electron chi connectivity index (χ3n) is 7.70. The second-order valence-electron chi connectivity index (χ2n) is 10.3. The minimum absolute atomic E-state index is 0.0519. The van der Waals surface area contributed by atoms with Crippen LogP contribution in [0.4, 0.5) is 0 Å².